The zero-order chi connectivity index (χ0) is 16.9. The van der Waals surface area contributed by atoms with Gasteiger partial charge < -0.3 is 4.98 Å². The van der Waals surface area contributed by atoms with Crippen molar-refractivity contribution in [3.63, 3.8) is 0 Å². The summed E-state index contributed by atoms with van der Waals surface area (Å²) in [6.45, 7) is 7.44. The van der Waals surface area contributed by atoms with Crippen molar-refractivity contribution < 1.29 is 0 Å². The van der Waals surface area contributed by atoms with Gasteiger partial charge in [-0.25, -0.2) is 4.98 Å². The van der Waals surface area contributed by atoms with E-state index in [0.717, 1.165) is 37.3 Å². The van der Waals surface area contributed by atoms with Crippen LogP contribution in [0.5, 0.6) is 0 Å². The van der Waals surface area contributed by atoms with Gasteiger partial charge in [0, 0.05) is 48.5 Å². The van der Waals surface area contributed by atoms with Crippen LogP contribution in [0, 0.1) is 5.92 Å². The molecule has 1 aromatic carbocycles. The zero-order valence-corrected chi connectivity index (χ0v) is 15.2. The summed E-state index contributed by atoms with van der Waals surface area (Å²) in [5.74, 6) is 3.57. The Kier molecular flexibility index (Phi) is 5.74. The molecule has 0 atom stereocenters. The largest absolute Gasteiger partial charge is 0.307 e. The molecule has 3 rings (SSSR count). The van der Waals surface area contributed by atoms with Gasteiger partial charge in [0.05, 0.1) is 0 Å². The van der Waals surface area contributed by atoms with Crippen LogP contribution in [-0.4, -0.2) is 39.5 Å². The zero-order valence-electron chi connectivity index (χ0n) is 14.4. The lowest BCUT2D eigenvalue weighted by Gasteiger charge is -2.26. The molecule has 0 aliphatic carbocycles. The van der Waals surface area contributed by atoms with Crippen molar-refractivity contribution in [2.45, 2.75) is 26.8 Å². The molecule has 4 nitrogen and oxygen atoms in total. The SMILES string of the molecule is CC(C)Cc1cc(=O)[nH]c(-c2ccccc2CN2CCSCC2)n1. The van der Waals surface area contributed by atoms with Gasteiger partial charge in [0.2, 0.25) is 0 Å². The van der Waals surface area contributed by atoms with Gasteiger partial charge in [0.25, 0.3) is 5.56 Å². The molecule has 1 fully saturated rings. The number of nitrogens with one attached hydrogen (secondary N) is 1. The standard InChI is InChI=1S/C19H25N3OS/c1-14(2)11-16-12-18(23)21-19(20-16)17-6-4-3-5-15(17)13-22-7-9-24-10-8-22/h3-6,12,14H,7-11,13H2,1-2H3,(H,20,21,23). The van der Waals surface area contributed by atoms with E-state index >= 15 is 0 Å². The average molecular weight is 343 g/mol. The minimum atomic E-state index is -0.0696. The summed E-state index contributed by atoms with van der Waals surface area (Å²) in [6.07, 6.45) is 0.822. The highest BCUT2D eigenvalue weighted by Crippen LogP contribution is 2.22. The van der Waals surface area contributed by atoms with E-state index in [4.69, 9.17) is 4.98 Å². The fourth-order valence-corrected chi connectivity index (χ4v) is 4.03. The normalized spacial score (nSPS) is 15.8. The molecule has 0 bridgehead atoms. The first-order chi connectivity index (χ1) is 11.6. The summed E-state index contributed by atoms with van der Waals surface area (Å²) in [6, 6.07) is 9.90. The Morgan fingerprint density at radius 2 is 2.00 bits per heavy atom. The third kappa shape index (κ3) is 4.48. The molecule has 1 aliphatic heterocycles. The fraction of sp³-hybridized carbons (Fsp3) is 0.474. The first-order valence-corrected chi connectivity index (χ1v) is 9.76. The van der Waals surface area contributed by atoms with Crippen LogP contribution in [-0.2, 0) is 13.0 Å². The fourth-order valence-electron chi connectivity index (χ4n) is 3.05. The minimum absolute atomic E-state index is 0.0696. The Morgan fingerprint density at radius 1 is 1.25 bits per heavy atom. The summed E-state index contributed by atoms with van der Waals surface area (Å²) in [5, 5.41) is 0. The first-order valence-electron chi connectivity index (χ1n) is 8.60. The van der Waals surface area contributed by atoms with Crippen molar-refractivity contribution in [3.05, 3.63) is 51.9 Å². The highest BCUT2D eigenvalue weighted by Gasteiger charge is 2.15. The van der Waals surface area contributed by atoms with E-state index < -0.39 is 0 Å². The summed E-state index contributed by atoms with van der Waals surface area (Å²) in [5.41, 5.74) is 3.07. The number of rotatable bonds is 5. The maximum Gasteiger partial charge on any atom is 0.251 e. The number of thioether (sulfide) groups is 1. The molecule has 5 heteroatoms. The van der Waals surface area contributed by atoms with Gasteiger partial charge in [-0.1, -0.05) is 38.1 Å². The predicted molar refractivity (Wildman–Crippen MR) is 101 cm³/mol. The number of hydrogen-bond donors (Lipinski definition) is 1. The first kappa shape index (κ1) is 17.2. The topological polar surface area (TPSA) is 49.0 Å². The highest BCUT2D eigenvalue weighted by atomic mass is 32.2. The lowest BCUT2D eigenvalue weighted by Crippen LogP contribution is -2.32. The molecule has 0 spiro atoms. The molecule has 0 unspecified atom stereocenters. The van der Waals surface area contributed by atoms with Crippen LogP contribution in [0.2, 0.25) is 0 Å². The molecule has 128 valence electrons. The molecule has 0 amide bonds. The highest BCUT2D eigenvalue weighted by molar-refractivity contribution is 7.99. The molecule has 1 aromatic heterocycles. The second-order valence-corrected chi connectivity index (χ2v) is 7.95. The number of aromatic amines is 1. The van der Waals surface area contributed by atoms with Gasteiger partial charge in [0.15, 0.2) is 0 Å². The van der Waals surface area contributed by atoms with E-state index in [0.29, 0.717) is 11.7 Å². The third-order valence-electron chi connectivity index (χ3n) is 4.18. The maximum atomic E-state index is 12.1. The van der Waals surface area contributed by atoms with Crippen LogP contribution in [0.3, 0.4) is 0 Å². The second kappa shape index (κ2) is 7.99. The molecule has 0 saturated carbocycles. The molecular weight excluding hydrogens is 318 g/mol. The van der Waals surface area contributed by atoms with Crippen LogP contribution in [0.1, 0.15) is 25.1 Å². The molecule has 2 heterocycles. The van der Waals surface area contributed by atoms with Crippen LogP contribution >= 0.6 is 11.8 Å². The maximum absolute atomic E-state index is 12.1. The summed E-state index contributed by atoms with van der Waals surface area (Å²) in [4.78, 5) is 22.2. The van der Waals surface area contributed by atoms with Crippen molar-refractivity contribution in [3.8, 4) is 11.4 Å². The Labute approximate surface area is 147 Å². The smallest absolute Gasteiger partial charge is 0.251 e. The molecule has 24 heavy (non-hydrogen) atoms. The third-order valence-corrected chi connectivity index (χ3v) is 5.12. The van der Waals surface area contributed by atoms with E-state index in [1.165, 1.54) is 17.1 Å². The number of benzene rings is 1. The molecule has 1 saturated heterocycles. The monoisotopic (exact) mass is 343 g/mol. The van der Waals surface area contributed by atoms with Crippen LogP contribution < -0.4 is 5.56 Å². The Morgan fingerprint density at radius 3 is 2.75 bits per heavy atom. The Hall–Kier alpha value is -1.59. The van der Waals surface area contributed by atoms with Crippen LogP contribution in [0.4, 0.5) is 0 Å². The van der Waals surface area contributed by atoms with Gasteiger partial charge in [-0.05, 0) is 17.9 Å². The summed E-state index contributed by atoms with van der Waals surface area (Å²) >= 11 is 2.02. The number of aromatic nitrogens is 2. The average Bonchev–Trinajstić information content (AvgIpc) is 2.55. The van der Waals surface area contributed by atoms with E-state index in [1.54, 1.807) is 6.07 Å². The minimum Gasteiger partial charge on any atom is -0.307 e. The molecule has 0 radical (unpaired) electrons. The molecule has 2 aromatic rings. The number of H-pyrrole nitrogens is 1. The second-order valence-electron chi connectivity index (χ2n) is 6.73. The predicted octanol–water partition coefficient (Wildman–Crippen LogP) is 3.18. The van der Waals surface area contributed by atoms with E-state index in [2.05, 4.69) is 41.9 Å². The van der Waals surface area contributed by atoms with Crippen molar-refractivity contribution in [2.24, 2.45) is 5.92 Å². The van der Waals surface area contributed by atoms with Crippen molar-refractivity contribution in [1.82, 2.24) is 14.9 Å². The van der Waals surface area contributed by atoms with Gasteiger partial charge in [0.1, 0.15) is 5.82 Å². The van der Waals surface area contributed by atoms with Gasteiger partial charge in [-0.2, -0.15) is 11.8 Å². The van der Waals surface area contributed by atoms with Crippen molar-refractivity contribution in [2.75, 3.05) is 24.6 Å². The van der Waals surface area contributed by atoms with Crippen molar-refractivity contribution >= 4 is 11.8 Å². The van der Waals surface area contributed by atoms with Crippen LogP contribution in [0.15, 0.2) is 35.1 Å². The van der Waals surface area contributed by atoms with Crippen LogP contribution in [0.25, 0.3) is 11.4 Å². The van der Waals surface area contributed by atoms with Gasteiger partial charge in [-0.15, -0.1) is 0 Å². The molecular formula is C19H25N3OS. The van der Waals surface area contributed by atoms with E-state index in [1.807, 2.05) is 17.8 Å². The lowest BCUT2D eigenvalue weighted by molar-refractivity contribution is 0.295. The summed E-state index contributed by atoms with van der Waals surface area (Å²) in [7, 11) is 0. The molecule has 1 aliphatic rings. The Balaban J connectivity index is 1.91. The number of nitrogens with zero attached hydrogens (tertiary/aromatic N) is 2. The Bertz CT molecular complexity index is 735. The van der Waals surface area contributed by atoms with E-state index in [9.17, 15) is 4.79 Å². The van der Waals surface area contributed by atoms with Crippen molar-refractivity contribution in [1.29, 1.82) is 0 Å². The van der Waals surface area contributed by atoms with E-state index in [-0.39, 0.29) is 5.56 Å². The number of hydrogen-bond acceptors (Lipinski definition) is 4. The molecule has 1 N–H and O–H groups in total. The van der Waals surface area contributed by atoms with Gasteiger partial charge in [-0.3, -0.25) is 9.69 Å². The quantitative estimate of drug-likeness (QED) is 0.906. The summed E-state index contributed by atoms with van der Waals surface area (Å²) < 4.78 is 0. The lowest BCUT2D eigenvalue weighted by atomic mass is 10.0. The van der Waals surface area contributed by atoms with Gasteiger partial charge >= 0.3 is 0 Å².